The van der Waals surface area contributed by atoms with Gasteiger partial charge in [-0.2, -0.15) is 0 Å². The third-order valence-electron chi connectivity index (χ3n) is 2.92. The van der Waals surface area contributed by atoms with E-state index in [0.717, 1.165) is 21.4 Å². The van der Waals surface area contributed by atoms with Gasteiger partial charge in [-0.25, -0.2) is 0 Å². The molecule has 6 nitrogen and oxygen atoms in total. The molecular weight excluding hydrogens is 332 g/mol. The fraction of sp³-hybridized carbons (Fsp3) is 0.200. The van der Waals surface area contributed by atoms with Crippen LogP contribution in [0.3, 0.4) is 0 Å². The molecule has 0 saturated heterocycles. The molecule has 0 unspecified atom stereocenters. The first-order valence-corrected chi connectivity index (χ1v) is 8.67. The second-order valence-corrected chi connectivity index (χ2v) is 7.00. The van der Waals surface area contributed by atoms with E-state index in [-0.39, 0.29) is 5.91 Å². The van der Waals surface area contributed by atoms with Crippen molar-refractivity contribution < 1.29 is 9.32 Å². The number of hydrogen-bond acceptors (Lipinski definition) is 7. The van der Waals surface area contributed by atoms with Crippen molar-refractivity contribution >= 4 is 34.1 Å². The van der Waals surface area contributed by atoms with E-state index >= 15 is 0 Å². The Hall–Kier alpha value is -2.19. The number of thioether (sulfide) groups is 1. The lowest BCUT2D eigenvalue weighted by Crippen LogP contribution is -2.12. The second-order valence-electron chi connectivity index (χ2n) is 4.80. The Labute approximate surface area is 141 Å². The zero-order chi connectivity index (χ0) is 16.2. The molecule has 8 heteroatoms. The standard InChI is InChI=1S/C15H14N4O2S2/c1-9-7-11(21-19-9)8-22-13-6-4-3-5-12(13)14(20)16-15-18-17-10(2)23-15/h3-7H,8H2,1-2H3,(H,16,18,20). The Morgan fingerprint density at radius 1 is 1.30 bits per heavy atom. The predicted octanol–water partition coefficient (Wildman–Crippen LogP) is 3.69. The molecule has 0 aliphatic heterocycles. The first-order chi connectivity index (χ1) is 11.1. The number of rotatable bonds is 5. The first-order valence-electron chi connectivity index (χ1n) is 6.87. The normalized spacial score (nSPS) is 10.7. The fourth-order valence-electron chi connectivity index (χ4n) is 1.92. The van der Waals surface area contributed by atoms with Gasteiger partial charge in [-0.3, -0.25) is 10.1 Å². The van der Waals surface area contributed by atoms with E-state index in [1.54, 1.807) is 6.07 Å². The molecule has 0 fully saturated rings. The van der Waals surface area contributed by atoms with Crippen LogP contribution in [-0.2, 0) is 5.75 Å². The van der Waals surface area contributed by atoms with Crippen LogP contribution >= 0.6 is 23.1 Å². The first kappa shape index (κ1) is 15.7. The van der Waals surface area contributed by atoms with Crippen molar-refractivity contribution in [2.45, 2.75) is 24.5 Å². The number of amides is 1. The van der Waals surface area contributed by atoms with E-state index in [4.69, 9.17) is 4.52 Å². The molecule has 0 atom stereocenters. The molecule has 0 aliphatic rings. The zero-order valence-electron chi connectivity index (χ0n) is 12.6. The Morgan fingerprint density at radius 2 is 2.13 bits per heavy atom. The highest BCUT2D eigenvalue weighted by Crippen LogP contribution is 2.27. The number of nitrogens with zero attached hydrogens (tertiary/aromatic N) is 3. The summed E-state index contributed by atoms with van der Waals surface area (Å²) >= 11 is 2.88. The SMILES string of the molecule is Cc1cc(CSc2ccccc2C(=O)Nc2nnc(C)s2)on1. The summed E-state index contributed by atoms with van der Waals surface area (Å²) in [4.78, 5) is 13.3. The lowest BCUT2D eigenvalue weighted by atomic mass is 10.2. The van der Waals surface area contributed by atoms with E-state index in [9.17, 15) is 4.79 Å². The molecule has 2 aromatic heterocycles. The van der Waals surface area contributed by atoms with Gasteiger partial charge in [0, 0.05) is 11.0 Å². The summed E-state index contributed by atoms with van der Waals surface area (Å²) < 4.78 is 5.20. The molecule has 3 aromatic rings. The zero-order valence-corrected chi connectivity index (χ0v) is 14.2. The summed E-state index contributed by atoms with van der Waals surface area (Å²) in [6.45, 7) is 3.72. The van der Waals surface area contributed by atoms with Crippen LogP contribution in [0.1, 0.15) is 26.8 Å². The van der Waals surface area contributed by atoms with Crippen LogP contribution in [0.4, 0.5) is 5.13 Å². The van der Waals surface area contributed by atoms with Crippen molar-refractivity contribution in [1.29, 1.82) is 0 Å². The van der Waals surface area contributed by atoms with Crippen molar-refractivity contribution in [3.05, 3.63) is 52.4 Å². The van der Waals surface area contributed by atoms with Gasteiger partial charge in [-0.15, -0.1) is 22.0 Å². The summed E-state index contributed by atoms with van der Waals surface area (Å²) in [5.74, 6) is 1.20. The van der Waals surface area contributed by atoms with Gasteiger partial charge in [0.1, 0.15) is 10.8 Å². The van der Waals surface area contributed by atoms with Gasteiger partial charge in [0.2, 0.25) is 5.13 Å². The van der Waals surface area contributed by atoms with E-state index in [1.165, 1.54) is 23.1 Å². The maximum Gasteiger partial charge on any atom is 0.258 e. The van der Waals surface area contributed by atoms with Crippen LogP contribution in [0, 0.1) is 13.8 Å². The summed E-state index contributed by atoms with van der Waals surface area (Å²) in [5.41, 5.74) is 1.44. The average molecular weight is 346 g/mol. The molecular formula is C15H14N4O2S2. The quantitative estimate of drug-likeness (QED) is 0.710. The molecule has 1 aromatic carbocycles. The molecule has 2 heterocycles. The van der Waals surface area contributed by atoms with E-state index in [1.807, 2.05) is 38.1 Å². The van der Waals surface area contributed by atoms with E-state index in [0.29, 0.717) is 16.4 Å². The summed E-state index contributed by atoms with van der Waals surface area (Å²) in [5, 5.41) is 15.8. The van der Waals surface area contributed by atoms with Crippen molar-refractivity contribution in [2.75, 3.05) is 5.32 Å². The molecule has 1 N–H and O–H groups in total. The van der Waals surface area contributed by atoms with Gasteiger partial charge in [0.05, 0.1) is 17.0 Å². The molecule has 0 saturated carbocycles. The number of nitrogens with one attached hydrogen (secondary N) is 1. The Kier molecular flexibility index (Phi) is 4.73. The molecule has 0 spiro atoms. The average Bonchev–Trinajstić information content (AvgIpc) is 3.14. The molecule has 0 aliphatic carbocycles. The molecule has 1 amide bonds. The third kappa shape index (κ3) is 3.96. The highest BCUT2D eigenvalue weighted by atomic mass is 32.2. The maximum atomic E-state index is 12.4. The van der Waals surface area contributed by atoms with Gasteiger partial charge >= 0.3 is 0 Å². The summed E-state index contributed by atoms with van der Waals surface area (Å²) in [7, 11) is 0. The van der Waals surface area contributed by atoms with Crippen molar-refractivity contribution in [3.63, 3.8) is 0 Å². The van der Waals surface area contributed by atoms with Crippen LogP contribution < -0.4 is 5.32 Å². The summed E-state index contributed by atoms with van der Waals surface area (Å²) in [6.07, 6.45) is 0. The number of aromatic nitrogens is 3. The molecule has 0 bridgehead atoms. The van der Waals surface area contributed by atoms with E-state index < -0.39 is 0 Å². The number of hydrogen-bond donors (Lipinski definition) is 1. The molecule has 0 radical (unpaired) electrons. The largest absolute Gasteiger partial charge is 0.360 e. The topological polar surface area (TPSA) is 80.9 Å². The Balaban J connectivity index is 1.73. The second kappa shape index (κ2) is 6.93. The highest BCUT2D eigenvalue weighted by Gasteiger charge is 2.14. The van der Waals surface area contributed by atoms with Crippen LogP contribution in [0.15, 0.2) is 39.8 Å². The number of aryl methyl sites for hydroxylation is 2. The minimum Gasteiger partial charge on any atom is -0.360 e. The van der Waals surface area contributed by atoms with Gasteiger partial charge in [-0.1, -0.05) is 28.6 Å². The maximum absolute atomic E-state index is 12.4. The van der Waals surface area contributed by atoms with Crippen molar-refractivity contribution in [3.8, 4) is 0 Å². The predicted molar refractivity (Wildman–Crippen MR) is 89.8 cm³/mol. The van der Waals surface area contributed by atoms with E-state index in [2.05, 4.69) is 20.7 Å². The van der Waals surface area contributed by atoms with Gasteiger partial charge in [-0.05, 0) is 26.0 Å². The van der Waals surface area contributed by atoms with Crippen LogP contribution in [0.5, 0.6) is 0 Å². The Morgan fingerprint density at radius 3 is 2.83 bits per heavy atom. The monoisotopic (exact) mass is 346 g/mol. The highest BCUT2D eigenvalue weighted by molar-refractivity contribution is 7.98. The molecule has 3 rings (SSSR count). The number of anilines is 1. The fourth-order valence-corrected chi connectivity index (χ4v) is 3.44. The van der Waals surface area contributed by atoms with Crippen molar-refractivity contribution in [1.82, 2.24) is 15.4 Å². The smallest absolute Gasteiger partial charge is 0.258 e. The van der Waals surface area contributed by atoms with Gasteiger partial charge in [0.15, 0.2) is 0 Å². The van der Waals surface area contributed by atoms with Crippen LogP contribution in [0.2, 0.25) is 0 Å². The van der Waals surface area contributed by atoms with Crippen LogP contribution in [-0.4, -0.2) is 21.3 Å². The van der Waals surface area contributed by atoms with Gasteiger partial charge < -0.3 is 4.52 Å². The Bertz CT molecular complexity index is 828. The van der Waals surface area contributed by atoms with Crippen LogP contribution in [0.25, 0.3) is 0 Å². The number of benzene rings is 1. The lowest BCUT2D eigenvalue weighted by Gasteiger charge is -2.07. The third-order valence-corrected chi connectivity index (χ3v) is 4.77. The minimum atomic E-state index is -0.196. The molecule has 23 heavy (non-hydrogen) atoms. The minimum absolute atomic E-state index is 0.196. The van der Waals surface area contributed by atoms with Crippen molar-refractivity contribution in [2.24, 2.45) is 0 Å². The number of carbonyl (C=O) groups excluding carboxylic acids is 1. The summed E-state index contributed by atoms with van der Waals surface area (Å²) in [6, 6.07) is 9.33. The number of carbonyl (C=O) groups is 1. The van der Waals surface area contributed by atoms with Gasteiger partial charge in [0.25, 0.3) is 5.91 Å². The lowest BCUT2D eigenvalue weighted by molar-refractivity contribution is 0.102. The molecule has 118 valence electrons.